The molecule has 2 heterocycles. The molecule has 0 fully saturated rings. The summed E-state index contributed by atoms with van der Waals surface area (Å²) in [6.07, 6.45) is 0.0899. The number of carbonyl (C=O) groups is 2. The van der Waals surface area contributed by atoms with Crippen LogP contribution in [0.4, 0.5) is 10.5 Å². The minimum absolute atomic E-state index is 0.0899. The van der Waals surface area contributed by atoms with Crippen molar-refractivity contribution in [1.29, 1.82) is 0 Å². The Morgan fingerprint density at radius 1 is 1.10 bits per heavy atom. The van der Waals surface area contributed by atoms with Gasteiger partial charge in [0.1, 0.15) is 12.3 Å². The first-order valence-corrected chi connectivity index (χ1v) is 10.0. The van der Waals surface area contributed by atoms with Crippen LogP contribution in [0.5, 0.6) is 5.75 Å². The molecule has 4 rings (SSSR count). The average molecular weight is 421 g/mol. The molecule has 0 atom stereocenters. The lowest BCUT2D eigenvalue weighted by Crippen LogP contribution is -2.37. The Bertz CT molecular complexity index is 1150. The average Bonchev–Trinajstić information content (AvgIpc) is 3.24. The van der Waals surface area contributed by atoms with Crippen molar-refractivity contribution >= 4 is 17.6 Å². The Morgan fingerprint density at radius 3 is 2.45 bits per heavy atom. The van der Waals surface area contributed by atoms with Gasteiger partial charge in [0.15, 0.2) is 5.82 Å². The second-order valence-corrected chi connectivity index (χ2v) is 7.48. The smallest absolute Gasteiger partial charge is 0.354 e. The van der Waals surface area contributed by atoms with E-state index in [0.29, 0.717) is 18.1 Å². The highest BCUT2D eigenvalue weighted by atomic mass is 16.5. The van der Waals surface area contributed by atoms with Crippen LogP contribution in [0.2, 0.25) is 0 Å². The largest absolute Gasteiger partial charge is 0.491 e. The van der Waals surface area contributed by atoms with Gasteiger partial charge in [0.25, 0.3) is 0 Å². The third kappa shape index (κ3) is 4.35. The minimum Gasteiger partial charge on any atom is -0.491 e. The van der Waals surface area contributed by atoms with E-state index < -0.39 is 11.7 Å². The van der Waals surface area contributed by atoms with Crippen LogP contribution in [0.25, 0.3) is 0 Å². The molecule has 0 saturated heterocycles. The Morgan fingerprint density at radius 2 is 1.81 bits per heavy atom. The summed E-state index contributed by atoms with van der Waals surface area (Å²) in [5.41, 5.74) is 0.966. The monoisotopic (exact) mass is 421 g/mol. The van der Waals surface area contributed by atoms with Gasteiger partial charge in [-0.3, -0.25) is 9.69 Å². The predicted octanol–water partition coefficient (Wildman–Crippen LogP) is 2.14. The first-order chi connectivity index (χ1) is 14.9. The number of ether oxygens (including phenoxy) is 1. The van der Waals surface area contributed by atoms with Crippen molar-refractivity contribution < 1.29 is 14.3 Å². The van der Waals surface area contributed by atoms with E-state index in [4.69, 9.17) is 4.74 Å². The van der Waals surface area contributed by atoms with E-state index in [-0.39, 0.29) is 25.1 Å². The van der Waals surface area contributed by atoms with Crippen LogP contribution in [-0.4, -0.2) is 32.4 Å². The summed E-state index contributed by atoms with van der Waals surface area (Å²) < 4.78 is 7.62. The van der Waals surface area contributed by atoms with Gasteiger partial charge in [-0.1, -0.05) is 30.3 Å². The number of anilines is 1. The summed E-state index contributed by atoms with van der Waals surface area (Å²) in [6.45, 7) is 4.14. The molecule has 0 saturated carbocycles. The molecule has 3 aromatic rings. The van der Waals surface area contributed by atoms with E-state index >= 15 is 0 Å². The third-order valence-electron chi connectivity index (χ3n) is 4.77. The molecule has 31 heavy (non-hydrogen) atoms. The summed E-state index contributed by atoms with van der Waals surface area (Å²) in [4.78, 5) is 39.0. The Hall–Kier alpha value is -3.88. The second kappa shape index (κ2) is 8.47. The van der Waals surface area contributed by atoms with E-state index in [0.717, 1.165) is 20.6 Å². The summed E-state index contributed by atoms with van der Waals surface area (Å²) in [6, 6.07) is 16.0. The number of aromatic nitrogens is 3. The summed E-state index contributed by atoms with van der Waals surface area (Å²) in [7, 11) is 0. The minimum atomic E-state index is -0.622. The van der Waals surface area contributed by atoms with Gasteiger partial charge >= 0.3 is 11.7 Å². The van der Waals surface area contributed by atoms with Gasteiger partial charge in [-0.25, -0.2) is 14.3 Å². The maximum absolute atomic E-state index is 12.6. The molecule has 0 aliphatic carbocycles. The fourth-order valence-electron chi connectivity index (χ4n) is 3.34. The summed E-state index contributed by atoms with van der Waals surface area (Å²) in [5, 5.41) is 6.94. The molecule has 1 aliphatic heterocycles. The number of rotatable bonds is 7. The molecule has 0 radical (unpaired) electrons. The quantitative estimate of drug-likeness (QED) is 0.630. The molecule has 9 heteroatoms. The SMILES string of the molecule is CC(C)Oc1ccc(CNC(=O)Cn2nc3n(c2=O)C(=O)N(c2ccccc2)C3)cc1. The standard InChI is InChI=1S/C22H23N5O4/c1-15(2)31-18-10-8-16(9-11-18)12-23-20(28)14-26-22(30)27-19(24-26)13-25(21(27)29)17-6-4-3-5-7-17/h3-11,15H,12-14H2,1-2H3,(H,23,28). The molecule has 0 spiro atoms. The lowest BCUT2D eigenvalue weighted by molar-refractivity contribution is -0.122. The molecule has 160 valence electrons. The van der Waals surface area contributed by atoms with E-state index in [1.165, 1.54) is 4.90 Å². The van der Waals surface area contributed by atoms with Crippen molar-refractivity contribution in [2.45, 2.75) is 39.6 Å². The Kier molecular flexibility index (Phi) is 5.57. The van der Waals surface area contributed by atoms with Crippen LogP contribution in [0, 0.1) is 0 Å². The zero-order valence-corrected chi connectivity index (χ0v) is 17.3. The number of hydrogen-bond donors (Lipinski definition) is 1. The first-order valence-electron chi connectivity index (χ1n) is 10.0. The van der Waals surface area contributed by atoms with Gasteiger partial charge in [-0.05, 0) is 43.7 Å². The number of para-hydroxylation sites is 1. The lowest BCUT2D eigenvalue weighted by atomic mass is 10.2. The van der Waals surface area contributed by atoms with Crippen LogP contribution in [0.1, 0.15) is 25.2 Å². The van der Waals surface area contributed by atoms with E-state index in [9.17, 15) is 14.4 Å². The maximum Gasteiger partial charge on any atom is 0.354 e. The number of carbonyl (C=O) groups excluding carboxylic acids is 2. The molecule has 1 aliphatic rings. The molecule has 1 aromatic heterocycles. The molecule has 2 aromatic carbocycles. The fourth-order valence-corrected chi connectivity index (χ4v) is 3.34. The number of benzene rings is 2. The maximum atomic E-state index is 12.6. The highest BCUT2D eigenvalue weighted by Crippen LogP contribution is 2.21. The van der Waals surface area contributed by atoms with Gasteiger partial charge in [0.2, 0.25) is 5.91 Å². The molecular weight excluding hydrogens is 398 g/mol. The van der Waals surface area contributed by atoms with Crippen molar-refractivity contribution in [2.75, 3.05) is 4.90 Å². The van der Waals surface area contributed by atoms with Crippen molar-refractivity contribution in [3.63, 3.8) is 0 Å². The first kappa shape index (κ1) is 20.4. The normalized spacial score (nSPS) is 12.9. The van der Waals surface area contributed by atoms with Gasteiger partial charge < -0.3 is 10.1 Å². The number of hydrogen-bond acceptors (Lipinski definition) is 5. The highest BCUT2D eigenvalue weighted by molar-refractivity contribution is 5.96. The van der Waals surface area contributed by atoms with Crippen LogP contribution in [-0.2, 0) is 24.4 Å². The Balaban J connectivity index is 1.37. The van der Waals surface area contributed by atoms with Crippen molar-refractivity contribution in [2.24, 2.45) is 0 Å². The van der Waals surface area contributed by atoms with Crippen LogP contribution >= 0.6 is 0 Å². The van der Waals surface area contributed by atoms with E-state index in [1.807, 2.05) is 56.3 Å². The van der Waals surface area contributed by atoms with Gasteiger partial charge in [0.05, 0.1) is 12.6 Å². The van der Waals surface area contributed by atoms with Crippen LogP contribution in [0.15, 0.2) is 59.4 Å². The molecule has 9 nitrogen and oxygen atoms in total. The van der Waals surface area contributed by atoms with Crippen LogP contribution < -0.4 is 20.6 Å². The molecular formula is C22H23N5O4. The fraction of sp³-hybridized carbons (Fsp3) is 0.273. The summed E-state index contributed by atoms with van der Waals surface area (Å²) in [5.74, 6) is 0.708. The number of fused-ring (bicyclic) bond motifs is 1. The zero-order chi connectivity index (χ0) is 22.0. The van der Waals surface area contributed by atoms with E-state index in [1.54, 1.807) is 12.1 Å². The van der Waals surface area contributed by atoms with Crippen molar-refractivity contribution in [3.05, 3.63) is 76.5 Å². The highest BCUT2D eigenvalue weighted by Gasteiger charge is 2.33. The molecule has 1 N–H and O–H groups in total. The van der Waals surface area contributed by atoms with Crippen LogP contribution in [0.3, 0.4) is 0 Å². The summed E-state index contributed by atoms with van der Waals surface area (Å²) >= 11 is 0. The third-order valence-corrected chi connectivity index (χ3v) is 4.77. The van der Waals surface area contributed by atoms with Crippen molar-refractivity contribution in [3.8, 4) is 5.75 Å². The van der Waals surface area contributed by atoms with Gasteiger partial charge in [-0.15, -0.1) is 0 Å². The van der Waals surface area contributed by atoms with E-state index in [2.05, 4.69) is 10.4 Å². The number of nitrogens with one attached hydrogen (secondary N) is 1. The molecule has 2 amide bonds. The second-order valence-electron chi connectivity index (χ2n) is 7.48. The lowest BCUT2D eigenvalue weighted by Gasteiger charge is -2.14. The molecule has 0 bridgehead atoms. The zero-order valence-electron chi connectivity index (χ0n) is 17.3. The number of nitrogens with zero attached hydrogens (tertiary/aromatic N) is 4. The predicted molar refractivity (Wildman–Crippen MR) is 114 cm³/mol. The topological polar surface area (TPSA) is 98.5 Å². The van der Waals surface area contributed by atoms with Gasteiger partial charge in [0, 0.05) is 12.2 Å². The van der Waals surface area contributed by atoms with Gasteiger partial charge in [-0.2, -0.15) is 9.67 Å². The molecule has 0 unspecified atom stereocenters. The Labute approximate surface area is 178 Å². The van der Waals surface area contributed by atoms with Crippen molar-refractivity contribution in [1.82, 2.24) is 19.7 Å². The number of amides is 2.